The number of nitrogens with zero attached hydrogens (tertiary/aromatic N) is 2. The summed E-state index contributed by atoms with van der Waals surface area (Å²) in [7, 11) is 0. The lowest BCUT2D eigenvalue weighted by Gasteiger charge is -2.28. The highest BCUT2D eigenvalue weighted by molar-refractivity contribution is 5.84. The molecule has 3 rings (SSSR count). The smallest absolute Gasteiger partial charge is 0.145 e. The number of hydrogen-bond donors (Lipinski definition) is 1. The SMILES string of the molecule is OC(COc1cccc2cccnc12)CN1CCCCC1. The molecule has 1 unspecified atom stereocenters. The Balaban J connectivity index is 1.58. The van der Waals surface area contributed by atoms with Crippen LogP contribution < -0.4 is 4.74 Å². The standard InChI is InChI=1S/C17H22N2O2/c20-15(12-19-10-2-1-3-11-19)13-21-16-8-4-6-14-7-5-9-18-17(14)16/h4-9,15,20H,1-3,10-13H2. The van der Waals surface area contributed by atoms with Crippen molar-refractivity contribution in [1.29, 1.82) is 0 Å². The van der Waals surface area contributed by atoms with Crippen LogP contribution >= 0.6 is 0 Å². The normalized spacial score (nSPS) is 17.8. The second-order valence-electron chi connectivity index (χ2n) is 5.66. The van der Waals surface area contributed by atoms with Gasteiger partial charge in [-0.3, -0.25) is 4.98 Å². The summed E-state index contributed by atoms with van der Waals surface area (Å²) in [5.41, 5.74) is 0.852. The van der Waals surface area contributed by atoms with Gasteiger partial charge in [0.05, 0.1) is 0 Å². The van der Waals surface area contributed by atoms with Crippen molar-refractivity contribution in [2.75, 3.05) is 26.2 Å². The maximum absolute atomic E-state index is 10.1. The number of β-amino-alcohol motifs (C(OH)–C–C–N with tert-alkyl or cyclic N) is 1. The van der Waals surface area contributed by atoms with Crippen LogP contribution in [0.25, 0.3) is 10.9 Å². The third-order valence-corrected chi connectivity index (χ3v) is 3.94. The van der Waals surface area contributed by atoms with E-state index in [0.29, 0.717) is 13.2 Å². The van der Waals surface area contributed by atoms with Crippen LogP contribution in [0.1, 0.15) is 19.3 Å². The first-order valence-corrected chi connectivity index (χ1v) is 7.70. The molecule has 0 spiro atoms. The molecule has 1 saturated heterocycles. The van der Waals surface area contributed by atoms with Gasteiger partial charge in [0.25, 0.3) is 0 Å². The number of benzene rings is 1. The van der Waals surface area contributed by atoms with E-state index < -0.39 is 6.10 Å². The van der Waals surface area contributed by atoms with Crippen LogP contribution in [0, 0.1) is 0 Å². The van der Waals surface area contributed by atoms with Crippen molar-refractivity contribution in [3.63, 3.8) is 0 Å². The number of aliphatic hydroxyl groups is 1. The topological polar surface area (TPSA) is 45.6 Å². The van der Waals surface area contributed by atoms with Crippen LogP contribution in [0.5, 0.6) is 5.75 Å². The fourth-order valence-corrected chi connectivity index (χ4v) is 2.87. The van der Waals surface area contributed by atoms with Gasteiger partial charge in [-0.05, 0) is 38.1 Å². The molecule has 1 aliphatic heterocycles. The molecule has 21 heavy (non-hydrogen) atoms. The van der Waals surface area contributed by atoms with Gasteiger partial charge in [-0.1, -0.05) is 24.6 Å². The van der Waals surface area contributed by atoms with Gasteiger partial charge in [0.15, 0.2) is 0 Å². The highest BCUT2D eigenvalue weighted by atomic mass is 16.5. The molecule has 1 aromatic heterocycles. The quantitative estimate of drug-likeness (QED) is 0.917. The van der Waals surface area contributed by atoms with E-state index in [1.807, 2.05) is 30.3 Å². The Kier molecular flexibility index (Phi) is 4.68. The number of para-hydroxylation sites is 1. The molecule has 2 aromatic rings. The summed E-state index contributed by atoms with van der Waals surface area (Å²) in [6.45, 7) is 3.18. The van der Waals surface area contributed by atoms with Crippen molar-refractivity contribution >= 4 is 10.9 Å². The average molecular weight is 286 g/mol. The van der Waals surface area contributed by atoms with Gasteiger partial charge in [0, 0.05) is 18.1 Å². The highest BCUT2D eigenvalue weighted by Crippen LogP contribution is 2.23. The number of aromatic nitrogens is 1. The fraction of sp³-hybridized carbons (Fsp3) is 0.471. The molecule has 1 aromatic carbocycles. The lowest BCUT2D eigenvalue weighted by atomic mass is 10.1. The number of ether oxygens (including phenoxy) is 1. The van der Waals surface area contributed by atoms with Gasteiger partial charge in [-0.2, -0.15) is 0 Å². The van der Waals surface area contributed by atoms with Crippen molar-refractivity contribution in [1.82, 2.24) is 9.88 Å². The first kappa shape index (κ1) is 14.3. The maximum atomic E-state index is 10.1. The summed E-state index contributed by atoms with van der Waals surface area (Å²) in [5.74, 6) is 0.741. The predicted molar refractivity (Wildman–Crippen MR) is 83.5 cm³/mol. The number of piperidine rings is 1. The molecule has 1 fully saturated rings. The molecule has 1 atom stereocenters. The summed E-state index contributed by atoms with van der Waals surface area (Å²) in [4.78, 5) is 6.68. The zero-order valence-electron chi connectivity index (χ0n) is 12.2. The molecule has 2 heterocycles. The van der Waals surface area contributed by atoms with E-state index in [9.17, 15) is 5.11 Å². The van der Waals surface area contributed by atoms with E-state index in [-0.39, 0.29) is 0 Å². The van der Waals surface area contributed by atoms with E-state index in [1.165, 1.54) is 19.3 Å². The maximum Gasteiger partial charge on any atom is 0.145 e. The Morgan fingerprint density at radius 2 is 1.95 bits per heavy atom. The fourth-order valence-electron chi connectivity index (χ4n) is 2.87. The Labute approximate surface area is 125 Å². The predicted octanol–water partition coefficient (Wildman–Crippen LogP) is 2.46. The largest absolute Gasteiger partial charge is 0.489 e. The molecule has 1 N–H and O–H groups in total. The van der Waals surface area contributed by atoms with Crippen molar-refractivity contribution in [3.8, 4) is 5.75 Å². The van der Waals surface area contributed by atoms with Gasteiger partial charge in [0.2, 0.25) is 0 Å². The first-order chi connectivity index (χ1) is 10.3. The van der Waals surface area contributed by atoms with Crippen molar-refractivity contribution < 1.29 is 9.84 Å². The number of pyridine rings is 1. The number of rotatable bonds is 5. The third-order valence-electron chi connectivity index (χ3n) is 3.94. The molecule has 0 saturated carbocycles. The van der Waals surface area contributed by atoms with Crippen molar-refractivity contribution in [2.45, 2.75) is 25.4 Å². The van der Waals surface area contributed by atoms with Crippen LogP contribution in [0.4, 0.5) is 0 Å². The van der Waals surface area contributed by atoms with Gasteiger partial charge in [0.1, 0.15) is 24.0 Å². The van der Waals surface area contributed by atoms with Gasteiger partial charge >= 0.3 is 0 Å². The minimum Gasteiger partial charge on any atom is -0.489 e. The van der Waals surface area contributed by atoms with Crippen LogP contribution in [-0.2, 0) is 0 Å². The summed E-state index contributed by atoms with van der Waals surface area (Å²) >= 11 is 0. The Bertz CT molecular complexity index is 577. The first-order valence-electron chi connectivity index (χ1n) is 7.70. The second-order valence-corrected chi connectivity index (χ2v) is 5.66. The molecule has 4 nitrogen and oxygen atoms in total. The molecular weight excluding hydrogens is 264 g/mol. The Hall–Kier alpha value is -1.65. The molecule has 0 aliphatic carbocycles. The van der Waals surface area contributed by atoms with Crippen LogP contribution in [0.2, 0.25) is 0 Å². The van der Waals surface area contributed by atoms with Crippen molar-refractivity contribution in [2.24, 2.45) is 0 Å². The highest BCUT2D eigenvalue weighted by Gasteiger charge is 2.15. The van der Waals surface area contributed by atoms with Crippen LogP contribution in [0.3, 0.4) is 0 Å². The van der Waals surface area contributed by atoms with Gasteiger partial charge in [-0.15, -0.1) is 0 Å². The molecule has 1 aliphatic rings. The van der Waals surface area contributed by atoms with Crippen molar-refractivity contribution in [3.05, 3.63) is 36.5 Å². The van der Waals surface area contributed by atoms with E-state index in [4.69, 9.17) is 4.74 Å². The lowest BCUT2D eigenvalue weighted by Crippen LogP contribution is -2.38. The Morgan fingerprint density at radius 1 is 1.14 bits per heavy atom. The Morgan fingerprint density at radius 3 is 2.81 bits per heavy atom. The number of hydrogen-bond acceptors (Lipinski definition) is 4. The third kappa shape index (κ3) is 3.71. The zero-order valence-corrected chi connectivity index (χ0v) is 12.2. The monoisotopic (exact) mass is 286 g/mol. The molecule has 0 amide bonds. The molecule has 112 valence electrons. The summed E-state index contributed by atoms with van der Waals surface area (Å²) in [6.07, 6.45) is 5.09. The lowest BCUT2D eigenvalue weighted by molar-refractivity contribution is 0.0621. The number of aliphatic hydroxyl groups excluding tert-OH is 1. The average Bonchev–Trinajstić information content (AvgIpc) is 2.54. The number of fused-ring (bicyclic) bond motifs is 1. The molecule has 0 radical (unpaired) electrons. The minimum absolute atomic E-state index is 0.312. The van der Waals surface area contributed by atoms with E-state index in [2.05, 4.69) is 9.88 Å². The van der Waals surface area contributed by atoms with Crippen LogP contribution in [0.15, 0.2) is 36.5 Å². The summed E-state index contributed by atoms with van der Waals surface area (Å²) in [6, 6.07) is 9.80. The van der Waals surface area contributed by atoms with Gasteiger partial charge < -0.3 is 14.7 Å². The van der Waals surface area contributed by atoms with E-state index in [0.717, 1.165) is 29.7 Å². The second kappa shape index (κ2) is 6.87. The summed E-state index contributed by atoms with van der Waals surface area (Å²) in [5, 5.41) is 11.2. The summed E-state index contributed by atoms with van der Waals surface area (Å²) < 4.78 is 5.78. The zero-order chi connectivity index (χ0) is 14.5. The number of likely N-dealkylation sites (tertiary alicyclic amines) is 1. The van der Waals surface area contributed by atoms with E-state index >= 15 is 0 Å². The molecule has 4 heteroatoms. The van der Waals surface area contributed by atoms with Crippen LogP contribution in [-0.4, -0.2) is 47.3 Å². The van der Waals surface area contributed by atoms with E-state index in [1.54, 1.807) is 6.20 Å². The minimum atomic E-state index is -0.456. The molecular formula is C17H22N2O2. The molecule has 0 bridgehead atoms. The van der Waals surface area contributed by atoms with Gasteiger partial charge in [-0.25, -0.2) is 0 Å².